The van der Waals surface area contributed by atoms with E-state index in [9.17, 15) is 4.79 Å². The molecule has 130 valence electrons. The van der Waals surface area contributed by atoms with Crippen molar-refractivity contribution in [2.24, 2.45) is 5.92 Å². The lowest BCUT2D eigenvalue weighted by Gasteiger charge is -2.36. The number of para-hydroxylation sites is 1. The third-order valence-electron chi connectivity index (χ3n) is 5.08. The first-order valence-electron chi connectivity index (χ1n) is 9.28. The Bertz CT molecular complexity index is 535. The molecule has 1 N–H and O–H groups in total. The number of hydrogen-bond acceptors (Lipinski definition) is 3. The summed E-state index contributed by atoms with van der Waals surface area (Å²) in [4.78, 5) is 17.0. The number of carbonyl (C=O) groups excluding carboxylic acids is 1. The molecule has 0 spiro atoms. The molecule has 0 bridgehead atoms. The minimum absolute atomic E-state index is 0.199. The Hall–Kier alpha value is -1.81. The van der Waals surface area contributed by atoms with Gasteiger partial charge in [-0.15, -0.1) is 0 Å². The van der Waals surface area contributed by atoms with E-state index in [1.54, 1.807) is 0 Å². The van der Waals surface area contributed by atoms with Gasteiger partial charge >= 0.3 is 0 Å². The number of nitrogens with one attached hydrogen (secondary N) is 1. The number of hydrogen-bond donors (Lipinski definition) is 1. The smallest absolute Gasteiger partial charge is 0.223 e. The number of benzene rings is 1. The van der Waals surface area contributed by atoms with E-state index >= 15 is 0 Å². The van der Waals surface area contributed by atoms with Gasteiger partial charge in [-0.2, -0.15) is 0 Å². The van der Waals surface area contributed by atoms with Gasteiger partial charge in [-0.05, 0) is 44.4 Å². The van der Waals surface area contributed by atoms with Crippen LogP contribution in [0.5, 0.6) is 0 Å². The number of anilines is 1. The Morgan fingerprint density at radius 3 is 2.58 bits per heavy atom. The molecule has 0 saturated carbocycles. The van der Waals surface area contributed by atoms with E-state index in [0.717, 1.165) is 65.0 Å². The van der Waals surface area contributed by atoms with Gasteiger partial charge in [0.05, 0.1) is 0 Å². The number of carbonyl (C=O) groups is 1. The Labute approximate surface area is 145 Å². The number of piperazine rings is 1. The second-order valence-electron chi connectivity index (χ2n) is 6.79. The van der Waals surface area contributed by atoms with Crippen molar-refractivity contribution in [3.63, 3.8) is 0 Å². The highest BCUT2D eigenvalue weighted by Gasteiger charge is 2.19. The molecule has 4 heteroatoms. The van der Waals surface area contributed by atoms with Gasteiger partial charge in [0.25, 0.3) is 0 Å². The molecule has 1 amide bonds. The third-order valence-corrected chi connectivity index (χ3v) is 5.08. The van der Waals surface area contributed by atoms with Gasteiger partial charge in [0.1, 0.15) is 0 Å². The maximum atomic E-state index is 12.1. The van der Waals surface area contributed by atoms with Crippen LogP contribution in [0, 0.1) is 5.92 Å². The molecule has 1 fully saturated rings. The van der Waals surface area contributed by atoms with Gasteiger partial charge in [0, 0.05) is 44.3 Å². The van der Waals surface area contributed by atoms with Crippen molar-refractivity contribution in [3.05, 3.63) is 42.5 Å². The number of rotatable bonds is 6. The number of allylic oxidation sites excluding steroid dienone is 2. The van der Waals surface area contributed by atoms with Gasteiger partial charge in [0.15, 0.2) is 0 Å². The van der Waals surface area contributed by atoms with E-state index in [4.69, 9.17) is 0 Å². The molecule has 1 aromatic carbocycles. The minimum atomic E-state index is 0.199. The van der Waals surface area contributed by atoms with Crippen LogP contribution in [0.15, 0.2) is 42.5 Å². The van der Waals surface area contributed by atoms with Crippen LogP contribution in [0.1, 0.15) is 25.7 Å². The minimum Gasteiger partial charge on any atom is -0.369 e. The van der Waals surface area contributed by atoms with Crippen LogP contribution < -0.4 is 10.2 Å². The van der Waals surface area contributed by atoms with E-state index < -0.39 is 0 Å². The lowest BCUT2D eigenvalue weighted by Crippen LogP contribution is -2.47. The van der Waals surface area contributed by atoms with Crippen LogP contribution in [0.3, 0.4) is 0 Å². The summed E-state index contributed by atoms with van der Waals surface area (Å²) in [7, 11) is 0. The van der Waals surface area contributed by atoms with Gasteiger partial charge < -0.3 is 10.2 Å². The predicted octanol–water partition coefficient (Wildman–Crippen LogP) is 2.67. The van der Waals surface area contributed by atoms with Crippen LogP contribution in [-0.2, 0) is 4.79 Å². The predicted molar refractivity (Wildman–Crippen MR) is 99.2 cm³/mol. The largest absolute Gasteiger partial charge is 0.369 e. The zero-order valence-electron chi connectivity index (χ0n) is 14.5. The summed E-state index contributed by atoms with van der Waals surface area (Å²) in [5.74, 6) is 0.442. The van der Waals surface area contributed by atoms with Crippen molar-refractivity contribution in [1.82, 2.24) is 10.2 Å². The standard InChI is InChI=1S/C20H29N3O/c24-20(18-8-3-1-4-9-18)21-12-7-13-22-14-16-23(17-15-22)19-10-5-2-6-11-19/h1-3,5-6,10-11,18H,4,7-9,12-17H2,(H,21,24). The maximum absolute atomic E-state index is 12.1. The normalized spacial score (nSPS) is 21.7. The molecule has 3 rings (SSSR count). The molecule has 1 heterocycles. The average molecular weight is 327 g/mol. The van der Waals surface area contributed by atoms with Crippen LogP contribution in [0.2, 0.25) is 0 Å². The van der Waals surface area contributed by atoms with Crippen molar-refractivity contribution in [3.8, 4) is 0 Å². The fourth-order valence-electron chi connectivity index (χ4n) is 3.56. The highest BCUT2D eigenvalue weighted by molar-refractivity contribution is 5.78. The summed E-state index contributed by atoms with van der Waals surface area (Å²) in [6, 6.07) is 10.6. The molecule has 1 aliphatic heterocycles. The molecule has 1 atom stereocenters. The SMILES string of the molecule is O=C(NCCCN1CCN(c2ccccc2)CC1)C1CC=CCC1. The van der Waals surface area contributed by atoms with E-state index in [-0.39, 0.29) is 11.8 Å². The summed E-state index contributed by atoms with van der Waals surface area (Å²) in [5, 5.41) is 3.12. The van der Waals surface area contributed by atoms with Crippen molar-refractivity contribution >= 4 is 11.6 Å². The van der Waals surface area contributed by atoms with Gasteiger partial charge in [-0.3, -0.25) is 9.69 Å². The van der Waals surface area contributed by atoms with Crippen molar-refractivity contribution in [2.75, 3.05) is 44.2 Å². The first-order valence-corrected chi connectivity index (χ1v) is 9.28. The summed E-state index contributed by atoms with van der Waals surface area (Å²) < 4.78 is 0. The van der Waals surface area contributed by atoms with E-state index in [1.807, 2.05) is 0 Å². The molecule has 0 aromatic heterocycles. The van der Waals surface area contributed by atoms with Crippen LogP contribution in [0.25, 0.3) is 0 Å². The van der Waals surface area contributed by atoms with E-state index in [1.165, 1.54) is 5.69 Å². The summed E-state index contributed by atoms with van der Waals surface area (Å²) in [6.07, 6.45) is 8.32. The third kappa shape index (κ3) is 4.84. The zero-order valence-corrected chi connectivity index (χ0v) is 14.5. The molecule has 1 aromatic rings. The highest BCUT2D eigenvalue weighted by Crippen LogP contribution is 2.18. The fourth-order valence-corrected chi connectivity index (χ4v) is 3.56. The Morgan fingerprint density at radius 1 is 1.08 bits per heavy atom. The maximum Gasteiger partial charge on any atom is 0.223 e. The summed E-state index contributed by atoms with van der Waals surface area (Å²) in [6.45, 7) is 6.27. The van der Waals surface area contributed by atoms with Crippen LogP contribution in [-0.4, -0.2) is 50.1 Å². The Kier molecular flexibility index (Phi) is 6.30. The molecule has 0 radical (unpaired) electrons. The van der Waals surface area contributed by atoms with E-state index in [0.29, 0.717) is 0 Å². The molecule has 1 saturated heterocycles. The second kappa shape index (κ2) is 8.88. The van der Waals surface area contributed by atoms with Crippen molar-refractivity contribution in [1.29, 1.82) is 0 Å². The summed E-state index contributed by atoms with van der Waals surface area (Å²) in [5.41, 5.74) is 1.32. The monoisotopic (exact) mass is 327 g/mol. The molecular formula is C20H29N3O. The topological polar surface area (TPSA) is 35.6 Å². The fraction of sp³-hybridized carbons (Fsp3) is 0.550. The van der Waals surface area contributed by atoms with Crippen molar-refractivity contribution in [2.45, 2.75) is 25.7 Å². The van der Waals surface area contributed by atoms with Crippen molar-refractivity contribution < 1.29 is 4.79 Å². The van der Waals surface area contributed by atoms with Crippen LogP contribution in [0.4, 0.5) is 5.69 Å². The second-order valence-corrected chi connectivity index (χ2v) is 6.79. The first kappa shape index (κ1) is 17.0. The average Bonchev–Trinajstić information content (AvgIpc) is 2.67. The van der Waals surface area contributed by atoms with Crippen LogP contribution >= 0.6 is 0 Å². The number of amides is 1. The molecule has 24 heavy (non-hydrogen) atoms. The Morgan fingerprint density at radius 2 is 1.88 bits per heavy atom. The molecule has 1 unspecified atom stereocenters. The Balaban J connectivity index is 1.30. The van der Waals surface area contributed by atoms with Gasteiger partial charge in [0.2, 0.25) is 5.91 Å². The quantitative estimate of drug-likeness (QED) is 0.644. The van der Waals surface area contributed by atoms with E-state index in [2.05, 4.69) is 57.6 Å². The highest BCUT2D eigenvalue weighted by atomic mass is 16.1. The molecular weight excluding hydrogens is 298 g/mol. The molecule has 2 aliphatic rings. The van der Waals surface area contributed by atoms with Gasteiger partial charge in [-0.25, -0.2) is 0 Å². The van der Waals surface area contributed by atoms with Gasteiger partial charge in [-0.1, -0.05) is 30.4 Å². The summed E-state index contributed by atoms with van der Waals surface area (Å²) >= 11 is 0. The lowest BCUT2D eigenvalue weighted by atomic mass is 9.94. The number of nitrogens with zero attached hydrogens (tertiary/aromatic N) is 2. The lowest BCUT2D eigenvalue weighted by molar-refractivity contribution is -0.125. The first-order chi connectivity index (χ1) is 11.8. The zero-order chi connectivity index (χ0) is 16.6. The molecule has 4 nitrogen and oxygen atoms in total. The molecule has 1 aliphatic carbocycles.